The van der Waals surface area contributed by atoms with Crippen molar-refractivity contribution in [3.8, 4) is 0 Å². The molecule has 1 amide bonds. The topological polar surface area (TPSA) is 36.4 Å². The molecule has 0 saturated heterocycles. The molecule has 1 rings (SSSR count). The van der Waals surface area contributed by atoms with Crippen LogP contribution in [0, 0.1) is 0 Å². The van der Waals surface area contributed by atoms with Gasteiger partial charge in [-0.05, 0) is 40.1 Å². The van der Waals surface area contributed by atoms with Crippen LogP contribution in [0.2, 0.25) is 5.02 Å². The molecule has 18 heavy (non-hydrogen) atoms. The van der Waals surface area contributed by atoms with Crippen molar-refractivity contribution in [3.63, 3.8) is 0 Å². The Morgan fingerprint density at radius 2 is 2.17 bits per heavy atom. The fraction of sp³-hybridized carbons (Fsp3) is 0.538. The van der Waals surface area contributed by atoms with Crippen LogP contribution >= 0.6 is 11.6 Å². The number of pyridine rings is 1. The molecule has 1 aromatic heterocycles. The Labute approximate surface area is 114 Å². The molecule has 0 spiro atoms. The molecule has 1 aromatic rings. The number of amides is 1. The number of likely N-dealkylation sites (N-methyl/N-ethyl adjacent to an activating group) is 2. The van der Waals surface area contributed by atoms with E-state index in [0.717, 1.165) is 6.54 Å². The van der Waals surface area contributed by atoms with Gasteiger partial charge < -0.3 is 9.80 Å². The van der Waals surface area contributed by atoms with E-state index in [4.69, 9.17) is 11.6 Å². The van der Waals surface area contributed by atoms with Crippen LogP contribution in [0.1, 0.15) is 24.3 Å². The fourth-order valence-electron chi connectivity index (χ4n) is 1.95. The zero-order valence-corrected chi connectivity index (χ0v) is 12.1. The molecule has 1 unspecified atom stereocenters. The van der Waals surface area contributed by atoms with E-state index >= 15 is 0 Å². The van der Waals surface area contributed by atoms with Crippen molar-refractivity contribution in [1.82, 2.24) is 14.8 Å². The smallest absolute Gasteiger partial charge is 0.272 e. The molecule has 0 aromatic carbocycles. The molecule has 0 aliphatic carbocycles. The van der Waals surface area contributed by atoms with Crippen LogP contribution < -0.4 is 0 Å². The Morgan fingerprint density at radius 3 is 2.67 bits per heavy atom. The number of halogens is 1. The number of hydrogen-bond acceptors (Lipinski definition) is 3. The zero-order chi connectivity index (χ0) is 13.7. The molecule has 1 heterocycles. The third kappa shape index (κ3) is 3.96. The van der Waals surface area contributed by atoms with E-state index in [0.29, 0.717) is 17.3 Å². The van der Waals surface area contributed by atoms with Crippen LogP contribution in [0.5, 0.6) is 0 Å². The first-order valence-electron chi connectivity index (χ1n) is 6.03. The Hall–Kier alpha value is -1.13. The van der Waals surface area contributed by atoms with Crippen LogP contribution in [-0.2, 0) is 0 Å². The van der Waals surface area contributed by atoms with E-state index in [-0.39, 0.29) is 11.9 Å². The van der Waals surface area contributed by atoms with Gasteiger partial charge in [-0.1, -0.05) is 11.6 Å². The highest BCUT2D eigenvalue weighted by Gasteiger charge is 2.21. The van der Waals surface area contributed by atoms with Gasteiger partial charge in [0, 0.05) is 30.4 Å². The highest BCUT2D eigenvalue weighted by Crippen LogP contribution is 2.12. The molecule has 0 bridgehead atoms. The summed E-state index contributed by atoms with van der Waals surface area (Å²) in [6.45, 7) is 5.47. The second kappa shape index (κ2) is 6.71. The summed E-state index contributed by atoms with van der Waals surface area (Å²) in [4.78, 5) is 20.3. The van der Waals surface area contributed by atoms with Crippen LogP contribution in [0.4, 0.5) is 0 Å². The van der Waals surface area contributed by atoms with Crippen molar-refractivity contribution in [2.45, 2.75) is 19.9 Å². The number of carbonyl (C=O) groups is 1. The number of hydrogen-bond donors (Lipinski definition) is 0. The van der Waals surface area contributed by atoms with Crippen molar-refractivity contribution < 1.29 is 4.79 Å². The van der Waals surface area contributed by atoms with E-state index in [2.05, 4.69) is 9.88 Å². The lowest BCUT2D eigenvalue weighted by atomic mass is 10.2. The third-order valence-electron chi connectivity index (χ3n) is 2.70. The van der Waals surface area contributed by atoms with Gasteiger partial charge in [0.15, 0.2) is 0 Å². The average molecular weight is 270 g/mol. The summed E-state index contributed by atoms with van der Waals surface area (Å²) in [5.74, 6) is -0.0747. The molecule has 1 atom stereocenters. The molecule has 0 aliphatic heterocycles. The van der Waals surface area contributed by atoms with Crippen LogP contribution in [0.3, 0.4) is 0 Å². The predicted octanol–water partition coefficient (Wildman–Crippen LogP) is 2.15. The maximum atomic E-state index is 12.3. The molecule has 0 saturated carbocycles. The average Bonchev–Trinajstić information content (AvgIpc) is 2.28. The SMILES string of the molecule is CCN(C(=O)c1cc(Cl)ccn1)C(C)CN(C)C. The van der Waals surface area contributed by atoms with Gasteiger partial charge in [-0.15, -0.1) is 0 Å². The molecule has 0 N–H and O–H groups in total. The van der Waals surface area contributed by atoms with Crippen LogP contribution in [-0.4, -0.2) is 53.9 Å². The van der Waals surface area contributed by atoms with Gasteiger partial charge in [-0.3, -0.25) is 9.78 Å². The molecule has 0 radical (unpaired) electrons. The minimum absolute atomic E-state index is 0.0747. The summed E-state index contributed by atoms with van der Waals surface area (Å²) >= 11 is 5.88. The van der Waals surface area contributed by atoms with Crippen molar-refractivity contribution in [3.05, 3.63) is 29.0 Å². The predicted molar refractivity (Wildman–Crippen MR) is 74.0 cm³/mol. The summed E-state index contributed by atoms with van der Waals surface area (Å²) in [7, 11) is 3.99. The Balaban J connectivity index is 2.85. The highest BCUT2D eigenvalue weighted by atomic mass is 35.5. The van der Waals surface area contributed by atoms with E-state index < -0.39 is 0 Å². The fourth-order valence-corrected chi connectivity index (χ4v) is 2.11. The number of rotatable bonds is 5. The zero-order valence-electron chi connectivity index (χ0n) is 11.4. The van der Waals surface area contributed by atoms with Crippen molar-refractivity contribution in [2.75, 3.05) is 27.2 Å². The standard InChI is InChI=1S/C13H20ClN3O/c1-5-17(10(2)9-16(3)4)13(18)12-8-11(14)6-7-15-12/h6-8,10H,5,9H2,1-4H3. The monoisotopic (exact) mass is 269 g/mol. The third-order valence-corrected chi connectivity index (χ3v) is 2.94. The molecule has 0 aliphatic rings. The first kappa shape index (κ1) is 14.9. The normalized spacial score (nSPS) is 12.6. The van der Waals surface area contributed by atoms with E-state index in [1.165, 1.54) is 0 Å². The van der Waals surface area contributed by atoms with E-state index in [9.17, 15) is 4.79 Å². The van der Waals surface area contributed by atoms with Crippen LogP contribution in [0.15, 0.2) is 18.3 Å². The summed E-state index contributed by atoms with van der Waals surface area (Å²) in [5, 5.41) is 0.532. The first-order chi connectivity index (χ1) is 8.45. The van der Waals surface area contributed by atoms with Gasteiger partial charge in [0.2, 0.25) is 0 Å². The van der Waals surface area contributed by atoms with E-state index in [1.54, 1.807) is 23.2 Å². The lowest BCUT2D eigenvalue weighted by Crippen LogP contribution is -2.44. The highest BCUT2D eigenvalue weighted by molar-refractivity contribution is 6.30. The second-order valence-corrected chi connectivity index (χ2v) is 5.00. The van der Waals surface area contributed by atoms with Gasteiger partial charge in [-0.25, -0.2) is 0 Å². The number of nitrogens with zero attached hydrogens (tertiary/aromatic N) is 3. The van der Waals surface area contributed by atoms with Gasteiger partial charge in [0.1, 0.15) is 5.69 Å². The summed E-state index contributed by atoms with van der Waals surface area (Å²) in [6, 6.07) is 3.41. The molecular weight excluding hydrogens is 250 g/mol. The first-order valence-corrected chi connectivity index (χ1v) is 6.40. The number of carbonyl (C=O) groups excluding carboxylic acids is 1. The Bertz CT molecular complexity index is 409. The lowest BCUT2D eigenvalue weighted by Gasteiger charge is -2.29. The molecule has 5 heteroatoms. The summed E-state index contributed by atoms with van der Waals surface area (Å²) < 4.78 is 0. The summed E-state index contributed by atoms with van der Waals surface area (Å²) in [6.07, 6.45) is 1.56. The summed E-state index contributed by atoms with van der Waals surface area (Å²) in [5.41, 5.74) is 0.398. The van der Waals surface area contributed by atoms with Gasteiger partial charge >= 0.3 is 0 Å². The maximum Gasteiger partial charge on any atom is 0.272 e. The molecule has 100 valence electrons. The van der Waals surface area contributed by atoms with Gasteiger partial charge in [-0.2, -0.15) is 0 Å². The van der Waals surface area contributed by atoms with Crippen molar-refractivity contribution in [1.29, 1.82) is 0 Å². The Morgan fingerprint density at radius 1 is 1.50 bits per heavy atom. The minimum Gasteiger partial charge on any atom is -0.334 e. The van der Waals surface area contributed by atoms with Crippen LogP contribution in [0.25, 0.3) is 0 Å². The molecule has 4 nitrogen and oxygen atoms in total. The van der Waals surface area contributed by atoms with Gasteiger partial charge in [0.05, 0.1) is 0 Å². The second-order valence-electron chi connectivity index (χ2n) is 4.56. The lowest BCUT2D eigenvalue weighted by molar-refractivity contribution is 0.0673. The molecular formula is C13H20ClN3O. The molecule has 0 fully saturated rings. The largest absolute Gasteiger partial charge is 0.334 e. The quantitative estimate of drug-likeness (QED) is 0.822. The van der Waals surface area contributed by atoms with Crippen molar-refractivity contribution >= 4 is 17.5 Å². The maximum absolute atomic E-state index is 12.3. The number of aromatic nitrogens is 1. The van der Waals surface area contributed by atoms with E-state index in [1.807, 2.05) is 27.9 Å². The van der Waals surface area contributed by atoms with Gasteiger partial charge in [0.25, 0.3) is 5.91 Å². The van der Waals surface area contributed by atoms with Crippen molar-refractivity contribution in [2.24, 2.45) is 0 Å². The Kier molecular flexibility index (Phi) is 5.56. The minimum atomic E-state index is -0.0747.